The van der Waals surface area contributed by atoms with Crippen LogP contribution in [0, 0.1) is 0 Å². The molecule has 7 heteroatoms. The molecule has 0 fully saturated rings. The van der Waals surface area contributed by atoms with Crippen molar-refractivity contribution < 1.29 is 14.3 Å². The van der Waals surface area contributed by atoms with Gasteiger partial charge in [0, 0.05) is 26.3 Å². The van der Waals surface area contributed by atoms with Crippen molar-refractivity contribution in [2.75, 3.05) is 19.4 Å². The summed E-state index contributed by atoms with van der Waals surface area (Å²) in [7, 11) is 3.42. The molecular weight excluding hydrogens is 488 g/mol. The van der Waals surface area contributed by atoms with E-state index in [1.165, 1.54) is 4.90 Å². The van der Waals surface area contributed by atoms with Crippen LogP contribution in [0.2, 0.25) is 0 Å². The van der Waals surface area contributed by atoms with Crippen LogP contribution in [0.1, 0.15) is 55.9 Å². The second-order valence-electron chi connectivity index (χ2n) is 10.6. The van der Waals surface area contributed by atoms with E-state index in [1.54, 1.807) is 20.2 Å². The Bertz CT molecular complexity index is 1510. The lowest BCUT2D eigenvalue weighted by atomic mass is 9.98. The molecule has 1 aromatic heterocycles. The lowest BCUT2D eigenvalue weighted by Crippen LogP contribution is -2.27. The standard InChI is InChI=1S/C32H36N4O3/c1-7-8-13-29-34-27-19-18-24(33-31(38)35(5)6)20-28(27)36(29)21-22-14-16-23(17-15-22)25-11-9-10-12-26(25)30(37)39-32(2,3)4/h8-20H,7,21H2,1-6H3,(H,33,38)/b13-8+. The van der Waals surface area contributed by atoms with Crippen molar-refractivity contribution in [3.05, 3.63) is 89.8 Å². The van der Waals surface area contributed by atoms with Gasteiger partial charge in [-0.25, -0.2) is 14.6 Å². The van der Waals surface area contributed by atoms with Gasteiger partial charge >= 0.3 is 12.0 Å². The van der Waals surface area contributed by atoms with Crippen molar-refractivity contribution in [3.63, 3.8) is 0 Å². The second-order valence-corrected chi connectivity index (χ2v) is 10.6. The normalized spacial score (nSPS) is 11.6. The Labute approximate surface area is 230 Å². The minimum absolute atomic E-state index is 0.186. The number of amides is 2. The van der Waals surface area contributed by atoms with Crippen LogP contribution in [-0.2, 0) is 11.3 Å². The predicted octanol–water partition coefficient (Wildman–Crippen LogP) is 7.22. The molecule has 4 aromatic rings. The summed E-state index contributed by atoms with van der Waals surface area (Å²) in [5, 5.41) is 2.92. The van der Waals surface area contributed by atoms with E-state index in [-0.39, 0.29) is 12.0 Å². The Morgan fingerprint density at radius 2 is 1.74 bits per heavy atom. The topological polar surface area (TPSA) is 76.5 Å². The van der Waals surface area contributed by atoms with Crippen LogP contribution in [-0.4, -0.2) is 46.1 Å². The Morgan fingerprint density at radius 3 is 2.41 bits per heavy atom. The zero-order chi connectivity index (χ0) is 28.2. The minimum Gasteiger partial charge on any atom is -0.456 e. The molecule has 0 bridgehead atoms. The maximum Gasteiger partial charge on any atom is 0.339 e. The Balaban J connectivity index is 1.66. The molecule has 0 aliphatic rings. The number of carbonyl (C=O) groups excluding carboxylic acids is 2. The first kappa shape index (κ1) is 27.6. The zero-order valence-corrected chi connectivity index (χ0v) is 23.5. The summed E-state index contributed by atoms with van der Waals surface area (Å²) in [6.45, 7) is 8.28. The van der Waals surface area contributed by atoms with Gasteiger partial charge in [-0.05, 0) is 74.2 Å². The molecule has 3 aromatic carbocycles. The molecule has 7 nitrogen and oxygen atoms in total. The highest BCUT2D eigenvalue weighted by molar-refractivity contribution is 5.97. The van der Waals surface area contributed by atoms with Crippen LogP contribution in [0.15, 0.2) is 72.8 Å². The molecule has 0 radical (unpaired) electrons. The number of anilines is 1. The summed E-state index contributed by atoms with van der Waals surface area (Å²) >= 11 is 0. The molecule has 0 aliphatic heterocycles. The second kappa shape index (κ2) is 11.6. The van der Waals surface area contributed by atoms with Crippen LogP contribution in [0.4, 0.5) is 10.5 Å². The van der Waals surface area contributed by atoms with Gasteiger partial charge in [0.15, 0.2) is 0 Å². The Kier molecular flexibility index (Phi) is 8.19. The third-order valence-corrected chi connectivity index (χ3v) is 6.09. The van der Waals surface area contributed by atoms with E-state index in [9.17, 15) is 9.59 Å². The predicted molar refractivity (Wildman–Crippen MR) is 158 cm³/mol. The number of aromatic nitrogens is 2. The van der Waals surface area contributed by atoms with Crippen LogP contribution < -0.4 is 5.32 Å². The third kappa shape index (κ3) is 6.74. The number of nitrogens with one attached hydrogen (secondary N) is 1. The molecule has 2 amide bonds. The first-order valence-corrected chi connectivity index (χ1v) is 13.1. The summed E-state index contributed by atoms with van der Waals surface area (Å²) in [5.74, 6) is 0.513. The summed E-state index contributed by atoms with van der Waals surface area (Å²) in [5.41, 5.74) is 5.33. The van der Waals surface area contributed by atoms with Gasteiger partial charge in [-0.2, -0.15) is 0 Å². The first-order chi connectivity index (χ1) is 18.6. The number of imidazole rings is 1. The van der Waals surface area contributed by atoms with E-state index < -0.39 is 5.60 Å². The number of esters is 1. The van der Waals surface area contributed by atoms with Gasteiger partial charge in [0.25, 0.3) is 0 Å². The van der Waals surface area contributed by atoms with Gasteiger partial charge in [0.2, 0.25) is 0 Å². The lowest BCUT2D eigenvalue weighted by molar-refractivity contribution is 0.00704. The Hall–Kier alpha value is -4.39. The van der Waals surface area contributed by atoms with Crippen LogP contribution in [0.5, 0.6) is 0 Å². The highest BCUT2D eigenvalue weighted by Crippen LogP contribution is 2.28. The molecule has 0 spiro atoms. The van der Waals surface area contributed by atoms with Gasteiger partial charge in [-0.3, -0.25) is 0 Å². The smallest absolute Gasteiger partial charge is 0.339 e. The van der Waals surface area contributed by atoms with Crippen molar-refractivity contribution >= 4 is 34.8 Å². The number of benzene rings is 3. The van der Waals surface area contributed by atoms with Gasteiger partial charge in [0.05, 0.1) is 16.6 Å². The summed E-state index contributed by atoms with van der Waals surface area (Å²) in [4.78, 5) is 31.4. The van der Waals surface area contributed by atoms with Gasteiger partial charge in [0.1, 0.15) is 11.4 Å². The van der Waals surface area contributed by atoms with Crippen molar-refractivity contribution in [2.24, 2.45) is 0 Å². The number of ether oxygens (including phenoxy) is 1. The van der Waals surface area contributed by atoms with E-state index in [0.29, 0.717) is 17.8 Å². The summed E-state index contributed by atoms with van der Waals surface area (Å²) in [6.07, 6.45) is 5.02. The highest BCUT2D eigenvalue weighted by atomic mass is 16.6. The molecule has 4 rings (SSSR count). The largest absolute Gasteiger partial charge is 0.456 e. The van der Waals surface area contributed by atoms with Crippen molar-refractivity contribution in [2.45, 2.75) is 46.3 Å². The SMILES string of the molecule is CC/C=C/c1nc2ccc(NC(=O)N(C)C)cc2n1Cc1ccc(-c2ccccc2C(=O)OC(C)(C)C)cc1. The Morgan fingerprint density at radius 1 is 1.03 bits per heavy atom. The molecule has 0 saturated heterocycles. The fraction of sp³-hybridized carbons (Fsp3) is 0.281. The van der Waals surface area contributed by atoms with Crippen LogP contribution >= 0.6 is 0 Å². The highest BCUT2D eigenvalue weighted by Gasteiger charge is 2.20. The molecule has 0 aliphatic carbocycles. The van der Waals surface area contributed by atoms with E-state index in [1.807, 2.05) is 75.4 Å². The van der Waals surface area contributed by atoms with Crippen LogP contribution in [0.3, 0.4) is 0 Å². The monoisotopic (exact) mass is 524 g/mol. The summed E-state index contributed by atoms with van der Waals surface area (Å²) in [6, 6.07) is 21.3. The first-order valence-electron chi connectivity index (χ1n) is 13.1. The number of rotatable bonds is 7. The average Bonchev–Trinajstić information content (AvgIpc) is 3.23. The number of nitrogens with zero attached hydrogens (tertiary/aromatic N) is 3. The van der Waals surface area contributed by atoms with Crippen molar-refractivity contribution in [1.29, 1.82) is 0 Å². The number of carbonyl (C=O) groups is 2. The quantitative estimate of drug-likeness (QED) is 0.259. The zero-order valence-electron chi connectivity index (χ0n) is 23.5. The fourth-order valence-electron chi connectivity index (χ4n) is 4.19. The minimum atomic E-state index is -0.569. The van der Waals surface area contributed by atoms with E-state index in [4.69, 9.17) is 9.72 Å². The van der Waals surface area contributed by atoms with Crippen molar-refractivity contribution in [1.82, 2.24) is 14.5 Å². The molecule has 0 unspecified atom stereocenters. The molecule has 39 heavy (non-hydrogen) atoms. The van der Waals surface area contributed by atoms with E-state index in [0.717, 1.165) is 40.0 Å². The van der Waals surface area contributed by atoms with Gasteiger partial charge in [-0.1, -0.05) is 55.5 Å². The summed E-state index contributed by atoms with van der Waals surface area (Å²) < 4.78 is 7.78. The number of allylic oxidation sites excluding steroid dienone is 1. The number of hydrogen-bond donors (Lipinski definition) is 1. The fourth-order valence-corrected chi connectivity index (χ4v) is 4.19. The number of hydrogen-bond acceptors (Lipinski definition) is 4. The molecule has 0 atom stereocenters. The van der Waals surface area contributed by atoms with Crippen molar-refractivity contribution in [3.8, 4) is 11.1 Å². The molecule has 1 N–H and O–H groups in total. The van der Waals surface area contributed by atoms with Crippen LogP contribution in [0.25, 0.3) is 28.2 Å². The third-order valence-electron chi connectivity index (χ3n) is 6.09. The average molecular weight is 525 g/mol. The number of urea groups is 1. The molecule has 1 heterocycles. The molecule has 202 valence electrons. The van der Waals surface area contributed by atoms with Gasteiger partial charge in [-0.15, -0.1) is 0 Å². The number of fused-ring (bicyclic) bond motifs is 1. The lowest BCUT2D eigenvalue weighted by Gasteiger charge is -2.20. The molecular formula is C32H36N4O3. The molecule has 0 saturated carbocycles. The van der Waals surface area contributed by atoms with E-state index in [2.05, 4.69) is 35.0 Å². The maximum absolute atomic E-state index is 12.8. The van der Waals surface area contributed by atoms with E-state index >= 15 is 0 Å². The maximum atomic E-state index is 12.8. The van der Waals surface area contributed by atoms with Gasteiger partial charge < -0.3 is 19.5 Å².